The van der Waals surface area contributed by atoms with Crippen LogP contribution in [-0.4, -0.2) is 50.6 Å². The second-order valence-corrected chi connectivity index (χ2v) is 8.21. The van der Waals surface area contributed by atoms with Crippen molar-refractivity contribution in [3.63, 3.8) is 0 Å². The lowest BCUT2D eigenvalue weighted by atomic mass is 10.0. The SMILES string of the molecule is CC[N+]1=CCC(c2ccc(C3C=C[N+](CCP(=O)(O)O)=CC3)o2)C=C1. The third kappa shape index (κ3) is 4.88. The first kappa shape index (κ1) is 18.1. The molecule has 2 aliphatic heterocycles. The number of allylic oxidation sites excluding steroid dienone is 2. The molecule has 0 amide bonds. The minimum atomic E-state index is -3.95. The Morgan fingerprint density at radius 1 is 1.08 bits per heavy atom. The highest BCUT2D eigenvalue weighted by atomic mass is 31.2. The van der Waals surface area contributed by atoms with E-state index in [1.54, 1.807) is 0 Å². The molecule has 7 heteroatoms. The fraction of sp³-hybridized carbons (Fsp3) is 0.444. The van der Waals surface area contributed by atoms with E-state index in [9.17, 15) is 4.57 Å². The van der Waals surface area contributed by atoms with Crippen LogP contribution in [0.15, 0.2) is 41.1 Å². The first-order chi connectivity index (χ1) is 11.9. The Hall–Kier alpha value is -1.75. The van der Waals surface area contributed by atoms with Crippen molar-refractivity contribution in [2.75, 3.05) is 19.3 Å². The van der Waals surface area contributed by atoms with E-state index in [0.29, 0.717) is 6.54 Å². The quantitative estimate of drug-likeness (QED) is 0.601. The summed E-state index contributed by atoms with van der Waals surface area (Å²) in [6, 6.07) is 4.08. The number of rotatable bonds is 6. The van der Waals surface area contributed by atoms with E-state index >= 15 is 0 Å². The number of hydrogen-bond acceptors (Lipinski definition) is 2. The monoisotopic (exact) mass is 364 g/mol. The fourth-order valence-corrected chi connectivity index (χ4v) is 3.53. The van der Waals surface area contributed by atoms with Crippen molar-refractivity contribution in [1.82, 2.24) is 0 Å². The minimum Gasteiger partial charge on any atom is -0.465 e. The maximum Gasteiger partial charge on any atom is 0.331 e. The van der Waals surface area contributed by atoms with E-state index in [1.807, 2.05) is 35.2 Å². The van der Waals surface area contributed by atoms with Crippen molar-refractivity contribution < 1.29 is 27.9 Å². The summed E-state index contributed by atoms with van der Waals surface area (Å²) in [4.78, 5) is 17.9. The first-order valence-corrected chi connectivity index (χ1v) is 10.4. The minimum absolute atomic E-state index is 0.136. The van der Waals surface area contributed by atoms with Crippen LogP contribution in [0.2, 0.25) is 0 Å². The zero-order chi connectivity index (χ0) is 17.9. The van der Waals surface area contributed by atoms with Crippen LogP contribution in [0.25, 0.3) is 0 Å². The predicted molar refractivity (Wildman–Crippen MR) is 96.7 cm³/mol. The maximum absolute atomic E-state index is 11.0. The first-order valence-electron chi connectivity index (χ1n) is 8.63. The van der Waals surface area contributed by atoms with Crippen LogP contribution in [0.3, 0.4) is 0 Å². The second-order valence-electron chi connectivity index (χ2n) is 6.43. The van der Waals surface area contributed by atoms with E-state index in [-0.39, 0.29) is 18.0 Å². The molecule has 0 fully saturated rings. The molecule has 1 aromatic rings. The molecule has 2 unspecified atom stereocenters. The van der Waals surface area contributed by atoms with Crippen LogP contribution in [0, 0.1) is 0 Å². The Bertz CT molecular complexity index is 785. The molecule has 2 atom stereocenters. The summed E-state index contributed by atoms with van der Waals surface area (Å²) in [5.41, 5.74) is 0. The molecule has 0 bridgehead atoms. The third-order valence-corrected chi connectivity index (χ3v) is 5.38. The van der Waals surface area contributed by atoms with Gasteiger partial charge in [-0.1, -0.05) is 0 Å². The van der Waals surface area contributed by atoms with Gasteiger partial charge in [0.1, 0.15) is 36.7 Å². The van der Waals surface area contributed by atoms with Gasteiger partial charge in [-0.3, -0.25) is 4.57 Å². The smallest absolute Gasteiger partial charge is 0.331 e. The molecule has 1 aromatic heterocycles. The summed E-state index contributed by atoms with van der Waals surface area (Å²) >= 11 is 0. The highest BCUT2D eigenvalue weighted by Gasteiger charge is 2.23. The van der Waals surface area contributed by atoms with Crippen molar-refractivity contribution in [3.8, 4) is 0 Å². The zero-order valence-corrected chi connectivity index (χ0v) is 15.3. The van der Waals surface area contributed by atoms with Crippen LogP contribution in [-0.2, 0) is 4.57 Å². The summed E-state index contributed by atoms with van der Waals surface area (Å²) in [5.74, 6) is 2.37. The molecular formula is C18H25N2O4P+2. The van der Waals surface area contributed by atoms with Crippen molar-refractivity contribution >= 4 is 20.0 Å². The molecular weight excluding hydrogens is 339 g/mol. The highest BCUT2D eigenvalue weighted by molar-refractivity contribution is 7.51. The predicted octanol–water partition coefficient (Wildman–Crippen LogP) is 2.65. The number of hydrogen-bond donors (Lipinski definition) is 2. The zero-order valence-electron chi connectivity index (χ0n) is 14.4. The van der Waals surface area contributed by atoms with Crippen LogP contribution in [0.1, 0.15) is 43.1 Å². The van der Waals surface area contributed by atoms with Crippen molar-refractivity contribution in [2.24, 2.45) is 0 Å². The van der Waals surface area contributed by atoms with Gasteiger partial charge in [-0.15, -0.1) is 0 Å². The molecule has 0 saturated heterocycles. The van der Waals surface area contributed by atoms with Gasteiger partial charge in [0.05, 0.1) is 11.8 Å². The Balaban J connectivity index is 1.59. The van der Waals surface area contributed by atoms with Crippen LogP contribution in [0.4, 0.5) is 0 Å². The Labute approximate surface area is 147 Å². The van der Waals surface area contributed by atoms with Crippen molar-refractivity contribution in [1.29, 1.82) is 0 Å². The summed E-state index contributed by atoms with van der Waals surface area (Å²) in [7, 11) is -3.95. The molecule has 3 heterocycles. The van der Waals surface area contributed by atoms with E-state index in [2.05, 4.69) is 30.0 Å². The summed E-state index contributed by atoms with van der Waals surface area (Å²) in [6.07, 6.45) is 13.9. The van der Waals surface area contributed by atoms with Gasteiger partial charge in [0, 0.05) is 12.8 Å². The fourth-order valence-electron chi connectivity index (χ4n) is 3.04. The average molecular weight is 364 g/mol. The molecule has 0 saturated carbocycles. The van der Waals surface area contributed by atoms with Crippen LogP contribution < -0.4 is 0 Å². The molecule has 134 valence electrons. The van der Waals surface area contributed by atoms with Gasteiger partial charge in [-0.05, 0) is 31.2 Å². The van der Waals surface area contributed by atoms with E-state index in [0.717, 1.165) is 30.9 Å². The summed E-state index contributed by atoms with van der Waals surface area (Å²) in [5, 5.41) is 0. The van der Waals surface area contributed by atoms with Gasteiger partial charge in [-0.2, -0.15) is 0 Å². The molecule has 0 radical (unpaired) electrons. The standard InChI is InChI=1S/C18H23N2O4P/c1-2-19-9-5-15(6-10-19)17-3-4-18(24-17)16-7-11-20(12-8-16)13-14-25(21,22)23/h3-5,7,9-12,15-16H,2,6,8,13-14H2,1H3/p+2. The van der Waals surface area contributed by atoms with Crippen LogP contribution in [0.5, 0.6) is 0 Å². The molecule has 0 spiro atoms. The van der Waals surface area contributed by atoms with Crippen LogP contribution >= 0.6 is 7.60 Å². The average Bonchev–Trinajstić information content (AvgIpc) is 3.10. The number of nitrogens with zero attached hydrogens (tertiary/aromatic N) is 2. The molecule has 3 rings (SSSR count). The molecule has 0 aromatic carbocycles. The highest BCUT2D eigenvalue weighted by Crippen LogP contribution is 2.34. The molecule has 25 heavy (non-hydrogen) atoms. The van der Waals surface area contributed by atoms with Crippen molar-refractivity contribution in [2.45, 2.75) is 31.6 Å². The van der Waals surface area contributed by atoms with Gasteiger partial charge in [-0.25, -0.2) is 9.15 Å². The molecule has 2 N–H and O–H groups in total. The van der Waals surface area contributed by atoms with Gasteiger partial charge >= 0.3 is 7.60 Å². The van der Waals surface area contributed by atoms with E-state index < -0.39 is 7.60 Å². The Kier molecular flexibility index (Phi) is 5.52. The molecule has 2 aliphatic rings. The lowest BCUT2D eigenvalue weighted by Gasteiger charge is -2.12. The normalized spacial score (nSPS) is 23.5. The van der Waals surface area contributed by atoms with E-state index in [4.69, 9.17) is 14.2 Å². The van der Waals surface area contributed by atoms with Gasteiger partial charge in [0.25, 0.3) is 0 Å². The second kappa shape index (κ2) is 7.65. The van der Waals surface area contributed by atoms with Gasteiger partial charge in [0.2, 0.25) is 0 Å². The van der Waals surface area contributed by atoms with Gasteiger partial charge < -0.3 is 14.2 Å². The maximum atomic E-state index is 11.0. The largest absolute Gasteiger partial charge is 0.465 e. The Morgan fingerprint density at radius 2 is 1.64 bits per heavy atom. The van der Waals surface area contributed by atoms with Crippen molar-refractivity contribution in [3.05, 3.63) is 48.2 Å². The lowest BCUT2D eigenvalue weighted by molar-refractivity contribution is -0.450. The Morgan fingerprint density at radius 3 is 2.08 bits per heavy atom. The van der Waals surface area contributed by atoms with Gasteiger partial charge in [0.15, 0.2) is 18.9 Å². The summed E-state index contributed by atoms with van der Waals surface area (Å²) in [6.45, 7) is 3.43. The number of furan rings is 1. The topological polar surface area (TPSA) is 76.7 Å². The van der Waals surface area contributed by atoms with E-state index in [1.165, 1.54) is 0 Å². The lowest BCUT2D eigenvalue weighted by Crippen LogP contribution is -2.16. The molecule has 6 nitrogen and oxygen atoms in total. The third-order valence-electron chi connectivity index (χ3n) is 4.60. The summed E-state index contributed by atoms with van der Waals surface area (Å²) < 4.78 is 21.0. The molecule has 0 aliphatic carbocycles.